The first-order chi connectivity index (χ1) is 8.72. The summed E-state index contributed by atoms with van der Waals surface area (Å²) < 4.78 is 10.5. The summed E-state index contributed by atoms with van der Waals surface area (Å²) in [5, 5.41) is 10.8. The van der Waals surface area contributed by atoms with Crippen molar-refractivity contribution < 1.29 is 9.15 Å². The van der Waals surface area contributed by atoms with Crippen molar-refractivity contribution in [3.63, 3.8) is 0 Å². The Morgan fingerprint density at radius 3 is 2.89 bits per heavy atom. The molecule has 0 saturated carbocycles. The van der Waals surface area contributed by atoms with Gasteiger partial charge in [-0.3, -0.25) is 0 Å². The summed E-state index contributed by atoms with van der Waals surface area (Å²) in [5.74, 6) is 1.35. The minimum atomic E-state index is 0.367. The van der Waals surface area contributed by atoms with Gasteiger partial charge in [-0.05, 0) is 30.7 Å². The maximum atomic E-state index is 5.42. The molecule has 0 bridgehead atoms. The number of aryl methyl sites for hydroxylation is 1. The van der Waals surface area contributed by atoms with E-state index < -0.39 is 0 Å². The van der Waals surface area contributed by atoms with Crippen molar-refractivity contribution in [3.8, 4) is 5.75 Å². The van der Waals surface area contributed by atoms with Gasteiger partial charge in [0, 0.05) is 18.7 Å². The van der Waals surface area contributed by atoms with E-state index in [2.05, 4.69) is 15.5 Å². The van der Waals surface area contributed by atoms with E-state index in [-0.39, 0.29) is 0 Å². The molecule has 0 aliphatic carbocycles. The molecule has 1 heterocycles. The third-order valence-electron chi connectivity index (χ3n) is 2.50. The van der Waals surface area contributed by atoms with Crippen LogP contribution in [0.1, 0.15) is 11.5 Å². The summed E-state index contributed by atoms with van der Waals surface area (Å²) >= 11 is 0. The van der Waals surface area contributed by atoms with Crippen LogP contribution in [-0.2, 0) is 6.42 Å². The number of hydrogen-bond donors (Lipinski definition) is 2. The minimum absolute atomic E-state index is 0.367. The molecule has 2 aromatic rings. The van der Waals surface area contributed by atoms with E-state index in [1.54, 1.807) is 7.11 Å². The van der Waals surface area contributed by atoms with Gasteiger partial charge in [0.15, 0.2) is 0 Å². The number of aromatic nitrogens is 2. The molecule has 2 rings (SSSR count). The molecule has 0 radical (unpaired) electrons. The number of hydrogen-bond acceptors (Lipinski definition) is 6. The van der Waals surface area contributed by atoms with Crippen LogP contribution in [0.15, 0.2) is 22.6 Å². The smallest absolute Gasteiger partial charge is 0.320 e. The molecular weight excluding hydrogens is 232 g/mol. The summed E-state index contributed by atoms with van der Waals surface area (Å²) in [6.07, 6.45) is 0.580. The van der Waals surface area contributed by atoms with E-state index in [1.807, 2.05) is 25.1 Å². The second-order valence-electron chi connectivity index (χ2n) is 3.85. The lowest BCUT2D eigenvalue weighted by Gasteiger charge is -2.07. The van der Waals surface area contributed by atoms with Gasteiger partial charge in [-0.25, -0.2) is 0 Å². The molecule has 0 aliphatic heterocycles. The van der Waals surface area contributed by atoms with Crippen LogP contribution in [0.5, 0.6) is 5.75 Å². The van der Waals surface area contributed by atoms with Gasteiger partial charge in [-0.15, -0.1) is 5.10 Å². The van der Waals surface area contributed by atoms with Crippen LogP contribution in [0.25, 0.3) is 0 Å². The number of ether oxygens (including phenoxy) is 1. The standard InChI is InChI=1S/C12H16N4O2/c1-8-7-9(17-2)3-4-10(8)14-12-16-15-11(18-12)5-6-13/h3-4,7H,5-6,13H2,1-2H3,(H,14,16). The monoisotopic (exact) mass is 248 g/mol. The highest BCUT2D eigenvalue weighted by molar-refractivity contribution is 5.58. The summed E-state index contributed by atoms with van der Waals surface area (Å²) in [5.41, 5.74) is 7.35. The first-order valence-electron chi connectivity index (χ1n) is 5.67. The number of rotatable bonds is 5. The second kappa shape index (κ2) is 5.50. The third-order valence-corrected chi connectivity index (χ3v) is 2.50. The number of anilines is 2. The molecule has 0 fully saturated rings. The molecule has 0 saturated heterocycles. The lowest BCUT2D eigenvalue weighted by atomic mass is 10.2. The first kappa shape index (κ1) is 12.4. The van der Waals surface area contributed by atoms with Crippen molar-refractivity contribution >= 4 is 11.7 Å². The highest BCUT2D eigenvalue weighted by Gasteiger charge is 2.07. The zero-order chi connectivity index (χ0) is 13.0. The van der Waals surface area contributed by atoms with Crippen LogP contribution in [0.2, 0.25) is 0 Å². The van der Waals surface area contributed by atoms with Crippen molar-refractivity contribution in [3.05, 3.63) is 29.7 Å². The van der Waals surface area contributed by atoms with Crippen LogP contribution in [-0.4, -0.2) is 23.9 Å². The molecule has 3 N–H and O–H groups in total. The van der Waals surface area contributed by atoms with E-state index in [0.717, 1.165) is 17.0 Å². The summed E-state index contributed by atoms with van der Waals surface area (Å²) in [6, 6.07) is 6.07. The maximum Gasteiger partial charge on any atom is 0.320 e. The zero-order valence-electron chi connectivity index (χ0n) is 10.4. The number of methoxy groups -OCH3 is 1. The molecule has 0 spiro atoms. The molecule has 0 amide bonds. The Bertz CT molecular complexity index is 525. The Balaban J connectivity index is 2.12. The van der Waals surface area contributed by atoms with Crippen molar-refractivity contribution in [1.29, 1.82) is 0 Å². The lowest BCUT2D eigenvalue weighted by molar-refractivity contribution is 0.414. The molecule has 6 heteroatoms. The average molecular weight is 248 g/mol. The van der Waals surface area contributed by atoms with Gasteiger partial charge in [0.2, 0.25) is 5.89 Å². The fourth-order valence-corrected chi connectivity index (χ4v) is 1.55. The summed E-state index contributed by atoms with van der Waals surface area (Å²) in [6.45, 7) is 2.46. The Morgan fingerprint density at radius 2 is 2.22 bits per heavy atom. The number of benzene rings is 1. The van der Waals surface area contributed by atoms with Crippen LogP contribution < -0.4 is 15.8 Å². The summed E-state index contributed by atoms with van der Waals surface area (Å²) in [7, 11) is 1.64. The first-order valence-corrected chi connectivity index (χ1v) is 5.67. The van der Waals surface area contributed by atoms with E-state index in [1.165, 1.54) is 0 Å². The van der Waals surface area contributed by atoms with Crippen LogP contribution in [0.4, 0.5) is 11.7 Å². The van der Waals surface area contributed by atoms with Gasteiger partial charge < -0.3 is 20.2 Å². The topological polar surface area (TPSA) is 86.2 Å². The molecule has 1 aromatic carbocycles. The molecular formula is C12H16N4O2. The van der Waals surface area contributed by atoms with E-state index in [4.69, 9.17) is 14.9 Å². The minimum Gasteiger partial charge on any atom is -0.497 e. The Labute approximate surface area is 105 Å². The van der Waals surface area contributed by atoms with Gasteiger partial charge in [0.25, 0.3) is 0 Å². The van der Waals surface area contributed by atoms with E-state index >= 15 is 0 Å². The average Bonchev–Trinajstić information content (AvgIpc) is 2.80. The van der Waals surface area contributed by atoms with Crippen molar-refractivity contribution in [2.24, 2.45) is 5.73 Å². The highest BCUT2D eigenvalue weighted by atomic mass is 16.5. The van der Waals surface area contributed by atoms with Crippen LogP contribution >= 0.6 is 0 Å². The fraction of sp³-hybridized carbons (Fsp3) is 0.333. The van der Waals surface area contributed by atoms with Crippen LogP contribution in [0.3, 0.4) is 0 Å². The second-order valence-corrected chi connectivity index (χ2v) is 3.85. The van der Waals surface area contributed by atoms with Crippen LogP contribution in [0, 0.1) is 6.92 Å². The number of nitrogens with one attached hydrogen (secondary N) is 1. The molecule has 18 heavy (non-hydrogen) atoms. The quantitative estimate of drug-likeness (QED) is 0.836. The van der Waals surface area contributed by atoms with E-state index in [9.17, 15) is 0 Å². The Morgan fingerprint density at radius 1 is 1.39 bits per heavy atom. The highest BCUT2D eigenvalue weighted by Crippen LogP contribution is 2.23. The van der Waals surface area contributed by atoms with Gasteiger partial charge in [0.05, 0.1) is 7.11 Å². The molecule has 0 aliphatic rings. The number of nitrogens with two attached hydrogens (primary N) is 1. The maximum absolute atomic E-state index is 5.42. The normalized spacial score (nSPS) is 10.4. The Hall–Kier alpha value is -2.08. The SMILES string of the molecule is COc1ccc(Nc2nnc(CCN)o2)c(C)c1. The molecule has 1 aromatic heterocycles. The molecule has 0 atom stereocenters. The lowest BCUT2D eigenvalue weighted by Crippen LogP contribution is -2.02. The number of nitrogens with zero attached hydrogens (tertiary/aromatic N) is 2. The van der Waals surface area contributed by atoms with Crippen molar-refractivity contribution in [1.82, 2.24) is 10.2 Å². The van der Waals surface area contributed by atoms with Gasteiger partial charge in [0.1, 0.15) is 5.75 Å². The zero-order valence-corrected chi connectivity index (χ0v) is 10.4. The van der Waals surface area contributed by atoms with E-state index in [0.29, 0.717) is 24.9 Å². The van der Waals surface area contributed by atoms with Gasteiger partial charge in [-0.2, -0.15) is 0 Å². The predicted octanol–water partition coefficient (Wildman–Crippen LogP) is 1.63. The van der Waals surface area contributed by atoms with Gasteiger partial charge >= 0.3 is 6.01 Å². The predicted molar refractivity (Wildman–Crippen MR) is 68.1 cm³/mol. The van der Waals surface area contributed by atoms with Crippen molar-refractivity contribution in [2.75, 3.05) is 19.0 Å². The van der Waals surface area contributed by atoms with Crippen molar-refractivity contribution in [2.45, 2.75) is 13.3 Å². The molecule has 96 valence electrons. The Kier molecular flexibility index (Phi) is 3.78. The molecule has 0 unspecified atom stereocenters. The largest absolute Gasteiger partial charge is 0.497 e. The molecule has 6 nitrogen and oxygen atoms in total. The summed E-state index contributed by atoms with van der Waals surface area (Å²) in [4.78, 5) is 0. The third kappa shape index (κ3) is 2.78. The fourth-order valence-electron chi connectivity index (χ4n) is 1.55. The van der Waals surface area contributed by atoms with Gasteiger partial charge in [-0.1, -0.05) is 5.10 Å².